The Bertz CT molecular complexity index is 587. The van der Waals surface area contributed by atoms with Crippen molar-refractivity contribution >= 4 is 22.1 Å². The molecular formula is C22H43NaO7S. The molecule has 0 amide bonds. The van der Waals surface area contributed by atoms with Crippen molar-refractivity contribution in [2.24, 2.45) is 0 Å². The van der Waals surface area contributed by atoms with Gasteiger partial charge >= 0.3 is 41.5 Å². The zero-order valence-corrected chi connectivity index (χ0v) is 22.4. The first-order valence-corrected chi connectivity index (χ1v) is 13.0. The quantitative estimate of drug-likeness (QED) is 0.132. The van der Waals surface area contributed by atoms with E-state index in [2.05, 4.69) is 6.92 Å². The van der Waals surface area contributed by atoms with Crippen LogP contribution in [0.1, 0.15) is 124 Å². The minimum Gasteiger partial charge on any atom is -1.00 e. The topological polar surface area (TPSA) is 129 Å². The summed E-state index contributed by atoms with van der Waals surface area (Å²) in [6.07, 6.45) is 16.6. The van der Waals surface area contributed by atoms with Crippen molar-refractivity contribution in [3.8, 4) is 0 Å². The van der Waals surface area contributed by atoms with E-state index in [0.717, 1.165) is 19.3 Å². The molecule has 0 aromatic heterocycles. The third kappa shape index (κ3) is 15.3. The largest absolute Gasteiger partial charge is 1.00 e. The Morgan fingerprint density at radius 1 is 0.710 bits per heavy atom. The maximum Gasteiger partial charge on any atom is 1.00 e. The van der Waals surface area contributed by atoms with E-state index in [9.17, 15) is 27.7 Å². The van der Waals surface area contributed by atoms with Gasteiger partial charge < -0.3 is 11.6 Å². The third-order valence-electron chi connectivity index (χ3n) is 5.75. The molecule has 0 aromatic rings. The van der Waals surface area contributed by atoms with Gasteiger partial charge in [-0.2, -0.15) is 8.42 Å². The molecule has 7 nitrogen and oxygen atoms in total. The van der Waals surface area contributed by atoms with Gasteiger partial charge in [0.2, 0.25) is 4.75 Å². The summed E-state index contributed by atoms with van der Waals surface area (Å²) >= 11 is 0. The van der Waals surface area contributed by atoms with Crippen molar-refractivity contribution < 1.29 is 63.8 Å². The molecule has 1 atom stereocenters. The number of aliphatic carboxylic acids is 2. The van der Waals surface area contributed by atoms with Gasteiger partial charge in [0.1, 0.15) is 0 Å². The Morgan fingerprint density at radius 2 is 1.03 bits per heavy atom. The number of carbonyl (C=O) groups is 2. The summed E-state index contributed by atoms with van der Waals surface area (Å²) in [7, 11) is -5.02. The molecule has 0 saturated carbocycles. The Hall–Kier alpha value is -0.150. The van der Waals surface area contributed by atoms with Gasteiger partial charge in [0.15, 0.2) is 0 Å². The van der Waals surface area contributed by atoms with E-state index in [1.165, 1.54) is 70.6 Å². The molecule has 0 fully saturated rings. The van der Waals surface area contributed by atoms with Crippen LogP contribution >= 0.6 is 0 Å². The fraction of sp³-hybridized carbons (Fsp3) is 0.909. The van der Waals surface area contributed by atoms with Crippen LogP contribution in [0.4, 0.5) is 0 Å². The fourth-order valence-electron chi connectivity index (χ4n) is 3.80. The number of unbranched alkanes of at least 4 members (excludes halogenated alkanes) is 15. The Labute approximate surface area is 212 Å². The molecule has 0 aliphatic heterocycles. The van der Waals surface area contributed by atoms with Crippen LogP contribution in [0.3, 0.4) is 0 Å². The second-order valence-electron chi connectivity index (χ2n) is 8.40. The molecule has 0 aliphatic rings. The summed E-state index contributed by atoms with van der Waals surface area (Å²) in [5, 5.41) is 18.1. The summed E-state index contributed by atoms with van der Waals surface area (Å²) in [6.45, 7) is 2.23. The van der Waals surface area contributed by atoms with Crippen LogP contribution < -0.4 is 29.6 Å². The molecule has 0 spiro atoms. The van der Waals surface area contributed by atoms with Crippen molar-refractivity contribution in [2.75, 3.05) is 0 Å². The maximum atomic E-state index is 11.5. The number of carboxylic acid groups (broad SMARTS) is 2. The molecular weight excluding hydrogens is 431 g/mol. The van der Waals surface area contributed by atoms with Crippen LogP contribution in [0.2, 0.25) is 0 Å². The maximum absolute atomic E-state index is 11.5. The standard InChI is InChI=1S/C22H42O7S.Na.H/c1-2-3-4-5-6-7-8-9-10-11-12-13-14-15-16-17-18-22(21(25)26,19-20(23)24)30(27,28)29;;/h2-19H2,1H3,(H,23,24)(H,25,26)(H,27,28,29);;/q;+1;-1. The van der Waals surface area contributed by atoms with Crippen molar-refractivity contribution in [2.45, 2.75) is 127 Å². The van der Waals surface area contributed by atoms with Gasteiger partial charge in [-0.25, -0.2) is 0 Å². The zero-order chi connectivity index (χ0) is 22.9. The van der Waals surface area contributed by atoms with Gasteiger partial charge in [-0.15, -0.1) is 0 Å². The Kier molecular flexibility index (Phi) is 20.6. The molecule has 9 heteroatoms. The predicted octanol–water partition coefficient (Wildman–Crippen LogP) is 2.94. The molecule has 0 bridgehead atoms. The molecule has 0 aromatic carbocycles. The van der Waals surface area contributed by atoms with E-state index in [0.29, 0.717) is 6.42 Å². The van der Waals surface area contributed by atoms with Crippen LogP contribution in [0.15, 0.2) is 0 Å². The van der Waals surface area contributed by atoms with E-state index in [1.807, 2.05) is 0 Å². The summed E-state index contributed by atoms with van der Waals surface area (Å²) in [4.78, 5) is 22.3. The van der Waals surface area contributed by atoms with Crippen LogP contribution in [0.25, 0.3) is 0 Å². The minimum atomic E-state index is -5.02. The number of carboxylic acids is 2. The first kappa shape index (κ1) is 33.0. The minimum absolute atomic E-state index is 0. The first-order valence-electron chi connectivity index (χ1n) is 11.6. The van der Waals surface area contributed by atoms with Crippen molar-refractivity contribution in [1.29, 1.82) is 0 Å². The second kappa shape index (κ2) is 19.3. The van der Waals surface area contributed by atoms with Crippen LogP contribution in [-0.4, -0.2) is 39.9 Å². The van der Waals surface area contributed by atoms with Crippen LogP contribution in [-0.2, 0) is 19.7 Å². The van der Waals surface area contributed by atoms with E-state index < -0.39 is 39.6 Å². The fourth-order valence-corrected chi connectivity index (χ4v) is 4.73. The number of hydrogen-bond acceptors (Lipinski definition) is 4. The molecule has 0 radical (unpaired) electrons. The average Bonchev–Trinajstić information content (AvgIpc) is 2.65. The number of rotatable bonds is 21. The summed E-state index contributed by atoms with van der Waals surface area (Å²) in [5.74, 6) is -3.38. The summed E-state index contributed by atoms with van der Waals surface area (Å²) in [6, 6.07) is 0. The molecule has 0 saturated heterocycles. The van der Waals surface area contributed by atoms with Gasteiger partial charge in [-0.1, -0.05) is 110 Å². The van der Waals surface area contributed by atoms with E-state index >= 15 is 0 Å². The second-order valence-corrected chi connectivity index (χ2v) is 10.1. The van der Waals surface area contributed by atoms with Gasteiger partial charge in [0.25, 0.3) is 10.1 Å². The molecule has 0 aliphatic carbocycles. The van der Waals surface area contributed by atoms with Gasteiger partial charge in [0.05, 0.1) is 6.42 Å². The molecule has 31 heavy (non-hydrogen) atoms. The molecule has 0 rings (SSSR count). The zero-order valence-electron chi connectivity index (χ0n) is 20.6. The monoisotopic (exact) mass is 474 g/mol. The Morgan fingerprint density at radius 3 is 1.29 bits per heavy atom. The Balaban J connectivity index is -0.00000420. The van der Waals surface area contributed by atoms with Gasteiger partial charge in [-0.05, 0) is 6.42 Å². The molecule has 1 unspecified atom stereocenters. The van der Waals surface area contributed by atoms with Crippen molar-refractivity contribution in [3.05, 3.63) is 0 Å². The molecule has 0 heterocycles. The number of hydrogen-bond donors (Lipinski definition) is 3. The van der Waals surface area contributed by atoms with Crippen LogP contribution in [0.5, 0.6) is 0 Å². The summed E-state index contributed by atoms with van der Waals surface area (Å²) < 4.78 is 29.7. The van der Waals surface area contributed by atoms with E-state index in [1.54, 1.807) is 0 Å². The van der Waals surface area contributed by atoms with E-state index in [-0.39, 0.29) is 37.4 Å². The van der Waals surface area contributed by atoms with E-state index in [4.69, 9.17) is 5.11 Å². The molecule has 3 N–H and O–H groups in total. The first-order chi connectivity index (χ1) is 14.2. The normalized spacial score (nSPS) is 13.4. The van der Waals surface area contributed by atoms with Gasteiger partial charge in [-0.3, -0.25) is 14.1 Å². The third-order valence-corrected chi connectivity index (χ3v) is 7.27. The summed E-state index contributed by atoms with van der Waals surface area (Å²) in [5.41, 5.74) is 0. The smallest absolute Gasteiger partial charge is 1.00 e. The van der Waals surface area contributed by atoms with Crippen molar-refractivity contribution in [3.63, 3.8) is 0 Å². The SMILES string of the molecule is CCCCCCCCCCCCCCCCCCC(CC(=O)O)(C(=O)O)S(=O)(=O)O.[H-].[Na+]. The van der Waals surface area contributed by atoms with Gasteiger partial charge in [0, 0.05) is 0 Å². The van der Waals surface area contributed by atoms with Crippen LogP contribution in [0, 0.1) is 0 Å². The predicted molar refractivity (Wildman–Crippen MR) is 119 cm³/mol. The van der Waals surface area contributed by atoms with Crippen molar-refractivity contribution in [1.82, 2.24) is 0 Å². The molecule has 180 valence electrons. The average molecular weight is 475 g/mol.